The maximum Gasteiger partial charge on any atom is 0.191 e. The Labute approximate surface area is 165 Å². The molecule has 0 spiro atoms. The average molecular weight is 452 g/mol. The minimum absolute atomic E-state index is 0. The number of aliphatic imine (C=N–C) groups is 1. The lowest BCUT2D eigenvalue weighted by molar-refractivity contribution is 0.0243. The standard InChI is InChI=1S/C18H36N4O.HI/c1-16-8-6-12-22(14-16)11-5-4-10-20-17(19-3)21-15-18(2)9-7-13-23-18;/h16H,4-15H2,1-3H3,(H2,19,20,21);1H. The predicted molar refractivity (Wildman–Crippen MR) is 112 cm³/mol. The van der Waals surface area contributed by atoms with Crippen molar-refractivity contribution in [2.75, 3.05) is 46.4 Å². The largest absolute Gasteiger partial charge is 0.373 e. The van der Waals surface area contributed by atoms with Crippen LogP contribution in [0, 0.1) is 5.92 Å². The average Bonchev–Trinajstić information content (AvgIpc) is 2.97. The summed E-state index contributed by atoms with van der Waals surface area (Å²) in [5.41, 5.74) is -0.0252. The van der Waals surface area contributed by atoms with E-state index in [1.807, 2.05) is 7.05 Å². The smallest absolute Gasteiger partial charge is 0.191 e. The Morgan fingerprint density at radius 1 is 1.29 bits per heavy atom. The molecule has 0 amide bonds. The van der Waals surface area contributed by atoms with Crippen LogP contribution in [0.25, 0.3) is 0 Å². The molecule has 0 bridgehead atoms. The zero-order valence-electron chi connectivity index (χ0n) is 15.8. The summed E-state index contributed by atoms with van der Waals surface area (Å²) >= 11 is 0. The maximum atomic E-state index is 5.80. The summed E-state index contributed by atoms with van der Waals surface area (Å²) < 4.78 is 5.80. The number of rotatable bonds is 7. The second-order valence-corrected chi connectivity index (χ2v) is 7.51. The van der Waals surface area contributed by atoms with Crippen LogP contribution in [-0.2, 0) is 4.74 Å². The zero-order chi connectivity index (χ0) is 16.5. The normalized spacial score (nSPS) is 28.5. The number of hydrogen-bond donors (Lipinski definition) is 2. The molecule has 0 aromatic heterocycles. The molecule has 24 heavy (non-hydrogen) atoms. The Morgan fingerprint density at radius 2 is 2.12 bits per heavy atom. The molecule has 6 heteroatoms. The van der Waals surface area contributed by atoms with Gasteiger partial charge >= 0.3 is 0 Å². The molecule has 0 radical (unpaired) electrons. The summed E-state index contributed by atoms with van der Waals surface area (Å²) in [6.07, 6.45) is 7.53. The molecule has 142 valence electrons. The SMILES string of the molecule is CN=C(NCCCCN1CCCC(C)C1)NCC1(C)CCCO1.I. The molecule has 2 heterocycles. The Kier molecular flexibility index (Phi) is 10.5. The first-order valence-corrected chi connectivity index (χ1v) is 9.42. The van der Waals surface area contributed by atoms with Gasteiger partial charge in [-0.3, -0.25) is 4.99 Å². The highest BCUT2D eigenvalue weighted by atomic mass is 127. The third kappa shape index (κ3) is 7.87. The Morgan fingerprint density at radius 3 is 2.79 bits per heavy atom. The topological polar surface area (TPSA) is 48.9 Å². The van der Waals surface area contributed by atoms with Gasteiger partial charge in [-0.2, -0.15) is 0 Å². The monoisotopic (exact) mass is 452 g/mol. The van der Waals surface area contributed by atoms with E-state index in [4.69, 9.17) is 4.74 Å². The van der Waals surface area contributed by atoms with Crippen molar-refractivity contribution in [3.63, 3.8) is 0 Å². The van der Waals surface area contributed by atoms with Crippen LogP contribution in [0.5, 0.6) is 0 Å². The van der Waals surface area contributed by atoms with Crippen LogP contribution < -0.4 is 10.6 Å². The highest BCUT2D eigenvalue weighted by Gasteiger charge is 2.29. The fourth-order valence-electron chi connectivity index (χ4n) is 3.62. The molecule has 2 N–H and O–H groups in total. The van der Waals surface area contributed by atoms with E-state index in [1.165, 1.54) is 51.7 Å². The maximum absolute atomic E-state index is 5.80. The number of nitrogens with zero attached hydrogens (tertiary/aromatic N) is 2. The summed E-state index contributed by atoms with van der Waals surface area (Å²) in [7, 11) is 1.84. The van der Waals surface area contributed by atoms with Crippen LogP contribution in [0.4, 0.5) is 0 Å². The number of nitrogens with one attached hydrogen (secondary N) is 2. The van der Waals surface area contributed by atoms with Crippen molar-refractivity contribution in [2.45, 2.75) is 58.0 Å². The van der Waals surface area contributed by atoms with Gasteiger partial charge in [0, 0.05) is 33.3 Å². The van der Waals surface area contributed by atoms with E-state index in [2.05, 4.69) is 34.4 Å². The molecule has 2 fully saturated rings. The molecule has 2 rings (SSSR count). The first-order valence-electron chi connectivity index (χ1n) is 9.42. The Balaban J connectivity index is 0.00000288. The second-order valence-electron chi connectivity index (χ2n) is 7.51. The summed E-state index contributed by atoms with van der Waals surface area (Å²) in [5.74, 6) is 1.78. The zero-order valence-corrected chi connectivity index (χ0v) is 18.1. The van der Waals surface area contributed by atoms with E-state index in [0.29, 0.717) is 0 Å². The molecule has 2 aliphatic rings. The molecular weight excluding hydrogens is 415 g/mol. The number of guanidine groups is 1. The van der Waals surface area contributed by atoms with Gasteiger partial charge in [-0.1, -0.05) is 6.92 Å². The van der Waals surface area contributed by atoms with Crippen LogP contribution in [0.1, 0.15) is 52.4 Å². The van der Waals surface area contributed by atoms with Gasteiger partial charge in [0.25, 0.3) is 0 Å². The number of ether oxygens (including phenoxy) is 1. The fraction of sp³-hybridized carbons (Fsp3) is 0.944. The van der Waals surface area contributed by atoms with Crippen LogP contribution in [0.15, 0.2) is 4.99 Å². The van der Waals surface area contributed by atoms with Crippen molar-refractivity contribution < 1.29 is 4.74 Å². The first-order chi connectivity index (χ1) is 11.1. The van der Waals surface area contributed by atoms with Gasteiger partial charge in [0.2, 0.25) is 0 Å². The predicted octanol–water partition coefficient (Wildman–Crippen LogP) is 2.85. The van der Waals surface area contributed by atoms with E-state index in [9.17, 15) is 0 Å². The lowest BCUT2D eigenvalue weighted by Gasteiger charge is -2.30. The van der Waals surface area contributed by atoms with E-state index in [1.54, 1.807) is 0 Å². The number of unbranched alkanes of at least 4 members (excludes halogenated alkanes) is 1. The van der Waals surface area contributed by atoms with Crippen molar-refractivity contribution in [1.82, 2.24) is 15.5 Å². The van der Waals surface area contributed by atoms with E-state index >= 15 is 0 Å². The van der Waals surface area contributed by atoms with Gasteiger partial charge in [0.15, 0.2) is 5.96 Å². The van der Waals surface area contributed by atoms with Gasteiger partial charge in [-0.05, 0) is 64.5 Å². The van der Waals surface area contributed by atoms with E-state index < -0.39 is 0 Å². The molecule has 0 aromatic rings. The van der Waals surface area contributed by atoms with Gasteiger partial charge in [-0.15, -0.1) is 24.0 Å². The van der Waals surface area contributed by atoms with Crippen molar-refractivity contribution in [3.05, 3.63) is 0 Å². The molecule has 0 saturated carbocycles. The molecular formula is C18H37IN4O. The number of piperidine rings is 1. The van der Waals surface area contributed by atoms with Gasteiger partial charge in [0.1, 0.15) is 0 Å². The highest BCUT2D eigenvalue weighted by molar-refractivity contribution is 14.0. The molecule has 2 aliphatic heterocycles. The van der Waals surface area contributed by atoms with Crippen LogP contribution in [-0.4, -0.2) is 62.8 Å². The summed E-state index contributed by atoms with van der Waals surface area (Å²) in [6.45, 7) is 11.1. The van der Waals surface area contributed by atoms with Crippen molar-refractivity contribution in [2.24, 2.45) is 10.9 Å². The number of likely N-dealkylation sites (tertiary alicyclic amines) is 1. The Hall–Kier alpha value is -0.0800. The van der Waals surface area contributed by atoms with Crippen LogP contribution >= 0.6 is 24.0 Å². The van der Waals surface area contributed by atoms with Crippen LogP contribution in [0.2, 0.25) is 0 Å². The number of halogens is 1. The minimum Gasteiger partial charge on any atom is -0.373 e. The summed E-state index contributed by atoms with van der Waals surface area (Å²) in [4.78, 5) is 6.93. The molecule has 5 nitrogen and oxygen atoms in total. The third-order valence-corrected chi connectivity index (χ3v) is 5.09. The minimum atomic E-state index is -0.0252. The van der Waals surface area contributed by atoms with Crippen molar-refractivity contribution in [1.29, 1.82) is 0 Å². The molecule has 0 aliphatic carbocycles. The quantitative estimate of drug-likeness (QED) is 0.270. The van der Waals surface area contributed by atoms with Gasteiger partial charge < -0.3 is 20.3 Å². The fourth-order valence-corrected chi connectivity index (χ4v) is 3.62. The van der Waals surface area contributed by atoms with Crippen LogP contribution in [0.3, 0.4) is 0 Å². The third-order valence-electron chi connectivity index (χ3n) is 5.09. The van der Waals surface area contributed by atoms with E-state index in [-0.39, 0.29) is 29.6 Å². The second kappa shape index (κ2) is 11.5. The van der Waals surface area contributed by atoms with Gasteiger partial charge in [0.05, 0.1) is 5.60 Å². The molecule has 2 unspecified atom stereocenters. The molecule has 0 aromatic carbocycles. The first kappa shape index (κ1) is 22.0. The lowest BCUT2D eigenvalue weighted by atomic mass is 10.0. The Bertz CT molecular complexity index is 372. The molecule has 2 atom stereocenters. The van der Waals surface area contributed by atoms with Gasteiger partial charge in [-0.25, -0.2) is 0 Å². The molecule has 2 saturated heterocycles. The highest BCUT2D eigenvalue weighted by Crippen LogP contribution is 2.23. The number of hydrogen-bond acceptors (Lipinski definition) is 3. The van der Waals surface area contributed by atoms with Crippen molar-refractivity contribution >= 4 is 29.9 Å². The summed E-state index contributed by atoms with van der Waals surface area (Å²) in [5, 5.41) is 6.82. The summed E-state index contributed by atoms with van der Waals surface area (Å²) in [6, 6.07) is 0. The van der Waals surface area contributed by atoms with E-state index in [0.717, 1.165) is 38.0 Å². The lowest BCUT2D eigenvalue weighted by Crippen LogP contribution is -2.45. The van der Waals surface area contributed by atoms with Crippen molar-refractivity contribution in [3.8, 4) is 0 Å².